The lowest BCUT2D eigenvalue weighted by Crippen LogP contribution is -2.05. The molecule has 0 radical (unpaired) electrons. The van der Waals surface area contributed by atoms with Gasteiger partial charge in [-0.3, -0.25) is 0 Å². The first-order chi connectivity index (χ1) is 6.59. The van der Waals surface area contributed by atoms with Crippen LogP contribution in [0, 0.1) is 0 Å². The molecule has 3 heteroatoms. The Morgan fingerprint density at radius 1 is 1.29 bits per heavy atom. The van der Waals surface area contributed by atoms with Crippen LogP contribution in [0.5, 0.6) is 0 Å². The molecule has 74 valence electrons. The van der Waals surface area contributed by atoms with E-state index in [0.29, 0.717) is 5.25 Å². The van der Waals surface area contributed by atoms with Crippen LogP contribution in [-0.2, 0) is 0 Å². The van der Waals surface area contributed by atoms with Gasteiger partial charge in [0.1, 0.15) is 0 Å². The van der Waals surface area contributed by atoms with Gasteiger partial charge in [-0.15, -0.1) is 11.8 Å². The van der Waals surface area contributed by atoms with E-state index >= 15 is 0 Å². The summed E-state index contributed by atoms with van der Waals surface area (Å²) in [7, 11) is 0. The number of hydrogen-bond acceptors (Lipinski definition) is 1. The average molecular weight is 245 g/mol. The molecule has 1 heterocycles. The predicted octanol–water partition coefficient (Wildman–Crippen LogP) is 4.80. The highest BCUT2D eigenvalue weighted by Gasteiger charge is 2.21. The molecule has 0 N–H and O–H groups in total. The van der Waals surface area contributed by atoms with Gasteiger partial charge in [-0.1, -0.05) is 23.2 Å². The monoisotopic (exact) mass is 244 g/mol. The standard InChI is InChI=1S/C11H10Cl2S/c1-6-7(2)14-10-4-3-8(12)5-9(10)11(6)13/h3-5,7H,1-2H3. The molecule has 0 bridgehead atoms. The molecule has 0 fully saturated rings. The average Bonchev–Trinajstić information content (AvgIpc) is 2.16. The van der Waals surface area contributed by atoms with Crippen molar-refractivity contribution in [3.05, 3.63) is 34.4 Å². The summed E-state index contributed by atoms with van der Waals surface area (Å²) in [5.41, 5.74) is 2.30. The fraction of sp³-hybridized carbons (Fsp3) is 0.273. The summed E-state index contributed by atoms with van der Waals surface area (Å²) < 4.78 is 0. The normalized spacial score (nSPS) is 21.0. The van der Waals surface area contributed by atoms with Gasteiger partial charge in [0, 0.05) is 25.8 Å². The molecule has 0 aliphatic carbocycles. The molecule has 1 aliphatic rings. The summed E-state index contributed by atoms with van der Waals surface area (Å²) in [6.07, 6.45) is 0. The minimum atomic E-state index is 0.455. The van der Waals surface area contributed by atoms with Crippen LogP contribution in [0.1, 0.15) is 19.4 Å². The van der Waals surface area contributed by atoms with Crippen LogP contribution >= 0.6 is 35.0 Å². The van der Waals surface area contributed by atoms with E-state index in [2.05, 4.69) is 13.8 Å². The molecule has 0 nitrogen and oxygen atoms in total. The largest absolute Gasteiger partial charge is 0.118 e. The molecule has 2 rings (SSSR count). The number of halogens is 2. The third-order valence-electron chi connectivity index (χ3n) is 2.44. The van der Waals surface area contributed by atoms with Gasteiger partial charge < -0.3 is 0 Å². The van der Waals surface area contributed by atoms with Crippen LogP contribution in [0.25, 0.3) is 5.03 Å². The number of thioether (sulfide) groups is 1. The Morgan fingerprint density at radius 2 is 2.00 bits per heavy atom. The Labute approximate surface area is 98.3 Å². The van der Waals surface area contributed by atoms with Gasteiger partial charge in [-0.25, -0.2) is 0 Å². The van der Waals surface area contributed by atoms with Gasteiger partial charge in [0.25, 0.3) is 0 Å². The molecule has 1 unspecified atom stereocenters. The highest BCUT2D eigenvalue weighted by Crippen LogP contribution is 2.43. The van der Waals surface area contributed by atoms with Crippen LogP contribution in [0.15, 0.2) is 28.7 Å². The molecule has 0 aromatic heterocycles. The summed E-state index contributed by atoms with van der Waals surface area (Å²) in [5, 5.41) is 2.05. The highest BCUT2D eigenvalue weighted by atomic mass is 35.5. The first-order valence-corrected chi connectivity index (χ1v) is 6.06. The Morgan fingerprint density at radius 3 is 2.71 bits per heavy atom. The second kappa shape index (κ2) is 3.80. The van der Waals surface area contributed by atoms with Gasteiger partial charge in [-0.2, -0.15) is 0 Å². The van der Waals surface area contributed by atoms with Crippen molar-refractivity contribution < 1.29 is 0 Å². The van der Waals surface area contributed by atoms with E-state index in [9.17, 15) is 0 Å². The number of benzene rings is 1. The van der Waals surface area contributed by atoms with Crippen molar-refractivity contribution in [3.63, 3.8) is 0 Å². The Kier molecular flexibility index (Phi) is 2.83. The number of fused-ring (bicyclic) bond motifs is 1. The van der Waals surface area contributed by atoms with Crippen molar-refractivity contribution in [2.75, 3.05) is 0 Å². The molecule has 1 atom stereocenters. The predicted molar refractivity (Wildman–Crippen MR) is 65.2 cm³/mol. The van der Waals surface area contributed by atoms with Gasteiger partial charge in [0.15, 0.2) is 0 Å². The minimum Gasteiger partial charge on any atom is -0.118 e. The van der Waals surface area contributed by atoms with E-state index in [4.69, 9.17) is 23.2 Å². The highest BCUT2D eigenvalue weighted by molar-refractivity contribution is 8.00. The van der Waals surface area contributed by atoms with Gasteiger partial charge in [0.2, 0.25) is 0 Å². The molecule has 1 aliphatic heterocycles. The fourth-order valence-electron chi connectivity index (χ4n) is 1.45. The van der Waals surface area contributed by atoms with E-state index in [1.807, 2.05) is 30.0 Å². The first-order valence-electron chi connectivity index (χ1n) is 4.42. The summed E-state index contributed by atoms with van der Waals surface area (Å²) in [5.74, 6) is 0. The lowest BCUT2D eigenvalue weighted by molar-refractivity contribution is 1.11. The van der Waals surface area contributed by atoms with E-state index in [-0.39, 0.29) is 0 Å². The van der Waals surface area contributed by atoms with Crippen LogP contribution in [0.3, 0.4) is 0 Å². The SMILES string of the molecule is CC1=C(Cl)c2cc(Cl)ccc2SC1C. The lowest BCUT2D eigenvalue weighted by Gasteiger charge is -2.22. The molecule has 0 saturated carbocycles. The van der Waals surface area contributed by atoms with Crippen molar-refractivity contribution >= 4 is 40.0 Å². The number of rotatable bonds is 0. The van der Waals surface area contributed by atoms with Crippen molar-refractivity contribution in [1.29, 1.82) is 0 Å². The van der Waals surface area contributed by atoms with Crippen molar-refractivity contribution in [1.82, 2.24) is 0 Å². The van der Waals surface area contributed by atoms with Gasteiger partial charge >= 0.3 is 0 Å². The van der Waals surface area contributed by atoms with Crippen LogP contribution < -0.4 is 0 Å². The Bertz CT molecular complexity index is 410. The Hall–Kier alpha value is -0.110. The fourth-order valence-corrected chi connectivity index (χ4v) is 3.17. The molecule has 14 heavy (non-hydrogen) atoms. The zero-order chi connectivity index (χ0) is 10.3. The maximum absolute atomic E-state index is 6.27. The molecule has 1 aromatic rings. The van der Waals surface area contributed by atoms with E-state index in [1.165, 1.54) is 10.5 Å². The second-order valence-corrected chi connectivity index (χ2v) is 5.59. The topological polar surface area (TPSA) is 0 Å². The molecule has 0 saturated heterocycles. The third kappa shape index (κ3) is 1.69. The van der Waals surface area contributed by atoms with E-state index in [1.54, 1.807) is 0 Å². The maximum atomic E-state index is 6.27. The van der Waals surface area contributed by atoms with E-state index in [0.717, 1.165) is 15.6 Å². The summed E-state index contributed by atoms with van der Waals surface area (Å²) in [4.78, 5) is 1.22. The van der Waals surface area contributed by atoms with Gasteiger partial charge in [0.05, 0.1) is 0 Å². The van der Waals surface area contributed by atoms with Gasteiger partial charge in [-0.05, 0) is 37.6 Å². The summed E-state index contributed by atoms with van der Waals surface area (Å²) >= 11 is 14.0. The zero-order valence-corrected chi connectivity index (χ0v) is 10.3. The molecule has 0 amide bonds. The number of hydrogen-bond donors (Lipinski definition) is 0. The van der Waals surface area contributed by atoms with Crippen molar-refractivity contribution in [2.45, 2.75) is 24.0 Å². The smallest absolute Gasteiger partial charge is 0.0490 e. The minimum absolute atomic E-state index is 0.455. The van der Waals surface area contributed by atoms with Crippen molar-refractivity contribution in [2.24, 2.45) is 0 Å². The Balaban J connectivity index is 2.61. The molecular weight excluding hydrogens is 235 g/mol. The van der Waals surface area contributed by atoms with Crippen LogP contribution in [-0.4, -0.2) is 5.25 Å². The first kappa shape index (κ1) is 10.4. The quantitative estimate of drug-likeness (QED) is 0.632. The lowest BCUT2D eigenvalue weighted by atomic mass is 10.1. The van der Waals surface area contributed by atoms with Crippen LogP contribution in [0.4, 0.5) is 0 Å². The second-order valence-electron chi connectivity index (χ2n) is 3.40. The summed E-state index contributed by atoms with van der Waals surface area (Å²) in [6.45, 7) is 4.24. The zero-order valence-electron chi connectivity index (χ0n) is 7.97. The maximum Gasteiger partial charge on any atom is 0.0490 e. The summed E-state index contributed by atoms with van der Waals surface area (Å²) in [6, 6.07) is 5.88. The molecular formula is C11H10Cl2S. The van der Waals surface area contributed by atoms with E-state index < -0.39 is 0 Å². The third-order valence-corrected chi connectivity index (χ3v) is 4.49. The molecule has 1 aromatic carbocycles. The molecule has 0 spiro atoms. The van der Waals surface area contributed by atoms with Crippen molar-refractivity contribution in [3.8, 4) is 0 Å². The van der Waals surface area contributed by atoms with Crippen LogP contribution in [0.2, 0.25) is 5.02 Å².